The molecule has 2 heterocycles. The van der Waals surface area contributed by atoms with E-state index in [9.17, 15) is 23.1 Å². The van der Waals surface area contributed by atoms with Crippen molar-refractivity contribution in [3.05, 3.63) is 65.5 Å². The Morgan fingerprint density at radius 2 is 1.89 bits per heavy atom. The number of nitrogens with zero attached hydrogens (tertiary/aromatic N) is 2. The van der Waals surface area contributed by atoms with Gasteiger partial charge >= 0.3 is 6.18 Å². The van der Waals surface area contributed by atoms with E-state index < -0.39 is 23.9 Å². The highest BCUT2D eigenvalue weighted by Crippen LogP contribution is 2.36. The van der Waals surface area contributed by atoms with Gasteiger partial charge in [0, 0.05) is 29.8 Å². The number of carbonyl (C=O) groups excluding carboxylic acids is 1. The maximum Gasteiger partial charge on any atom is 0.416 e. The van der Waals surface area contributed by atoms with Crippen LogP contribution >= 0.6 is 12.4 Å². The predicted molar refractivity (Wildman–Crippen MR) is 142 cm³/mol. The molecule has 1 aliphatic carbocycles. The number of fused-ring (bicyclic) bond motifs is 1. The fraction of sp³-hybridized carbons (Fsp3) is 0.370. The van der Waals surface area contributed by atoms with Gasteiger partial charge in [-0.3, -0.25) is 4.79 Å². The molecule has 3 aromatic rings. The number of aliphatic hydroxyl groups excluding tert-OH is 1. The molecule has 202 valence electrons. The van der Waals surface area contributed by atoms with Crippen molar-refractivity contribution in [3.8, 4) is 11.3 Å². The minimum Gasteiger partial charge on any atom is -0.393 e. The fourth-order valence-corrected chi connectivity index (χ4v) is 5.00. The van der Waals surface area contributed by atoms with Crippen molar-refractivity contribution in [2.45, 2.75) is 63.4 Å². The minimum absolute atomic E-state index is 0. The lowest BCUT2D eigenvalue weighted by atomic mass is 9.88. The Morgan fingerprint density at radius 1 is 1.08 bits per heavy atom. The van der Waals surface area contributed by atoms with Crippen molar-refractivity contribution in [2.75, 3.05) is 10.6 Å². The molecule has 38 heavy (non-hydrogen) atoms. The highest BCUT2D eigenvalue weighted by Gasteiger charge is 2.32. The number of hydrogen-bond donors (Lipinski definition) is 4. The van der Waals surface area contributed by atoms with Crippen LogP contribution in [0.5, 0.6) is 0 Å². The van der Waals surface area contributed by atoms with E-state index in [1.54, 1.807) is 6.07 Å². The monoisotopic (exact) mass is 547 g/mol. The van der Waals surface area contributed by atoms with Crippen LogP contribution in [0.25, 0.3) is 11.3 Å². The Kier molecular flexibility index (Phi) is 8.25. The lowest BCUT2D eigenvalue weighted by molar-refractivity contribution is -0.137. The normalized spacial score (nSPS) is 20.8. The first-order valence-electron chi connectivity index (χ1n) is 12.3. The summed E-state index contributed by atoms with van der Waals surface area (Å²) in [5.74, 6) is 0.0636. The summed E-state index contributed by atoms with van der Waals surface area (Å²) in [5.41, 5.74) is 2.87. The molecule has 1 saturated heterocycles. The van der Waals surface area contributed by atoms with Gasteiger partial charge in [0.25, 0.3) is 0 Å². The zero-order valence-corrected chi connectivity index (χ0v) is 21.5. The molecule has 2 aromatic carbocycles. The van der Waals surface area contributed by atoms with Gasteiger partial charge in [0.2, 0.25) is 5.91 Å². The van der Waals surface area contributed by atoms with E-state index in [4.69, 9.17) is 0 Å². The number of alkyl halides is 3. The van der Waals surface area contributed by atoms with E-state index in [0.717, 1.165) is 41.8 Å². The summed E-state index contributed by atoms with van der Waals surface area (Å²) in [4.78, 5) is 21.4. The number of nitrogens with one attached hydrogen (secondary N) is 3. The summed E-state index contributed by atoms with van der Waals surface area (Å²) < 4.78 is 40.5. The van der Waals surface area contributed by atoms with Crippen molar-refractivity contribution in [3.63, 3.8) is 0 Å². The van der Waals surface area contributed by atoms with Crippen LogP contribution in [0.15, 0.2) is 48.8 Å². The summed E-state index contributed by atoms with van der Waals surface area (Å²) in [6, 6.07) is 10.4. The smallest absolute Gasteiger partial charge is 0.393 e. The molecule has 5 rings (SSSR count). The fourth-order valence-electron chi connectivity index (χ4n) is 5.00. The van der Waals surface area contributed by atoms with Gasteiger partial charge < -0.3 is 21.1 Å². The maximum atomic E-state index is 13.5. The van der Waals surface area contributed by atoms with Gasteiger partial charge in [-0.1, -0.05) is 18.2 Å². The molecule has 1 aromatic heterocycles. The number of aromatic nitrogens is 2. The first-order chi connectivity index (χ1) is 17.7. The third-order valence-electron chi connectivity index (χ3n) is 6.96. The number of carbonyl (C=O) groups is 1. The Labute approximate surface area is 224 Å². The average molecular weight is 548 g/mol. The van der Waals surface area contributed by atoms with Crippen molar-refractivity contribution >= 4 is 35.5 Å². The summed E-state index contributed by atoms with van der Waals surface area (Å²) in [6.45, 7) is 1.96. The summed E-state index contributed by atoms with van der Waals surface area (Å²) >= 11 is 0. The standard InChI is InChI=1S/C27H28F3N5O2.ClH/c1-15-5-10-22(33-15)26(37)35-24-11-17(27(28,29)30)7-9-19(24)23-13-25(32-14-31-23)34-21-4-2-3-16-6-8-18(36)12-20(16)21;/h2-4,7,9,11,13-15,18,22,33,36H,5-6,8,10,12H2,1H3,(H,35,37)(H,31,32,34);1H. The van der Waals surface area contributed by atoms with Crippen molar-refractivity contribution in [2.24, 2.45) is 0 Å². The molecule has 4 N–H and O–H groups in total. The number of aryl methyl sites for hydroxylation is 1. The van der Waals surface area contributed by atoms with E-state index >= 15 is 0 Å². The average Bonchev–Trinajstić information content (AvgIpc) is 3.30. The number of benzene rings is 2. The van der Waals surface area contributed by atoms with E-state index in [1.807, 2.05) is 25.1 Å². The summed E-state index contributed by atoms with van der Waals surface area (Å²) in [5, 5.41) is 19.3. The molecule has 3 atom stereocenters. The van der Waals surface area contributed by atoms with Gasteiger partial charge in [-0.2, -0.15) is 13.2 Å². The van der Waals surface area contributed by atoms with Gasteiger partial charge in [-0.25, -0.2) is 9.97 Å². The first-order valence-corrected chi connectivity index (χ1v) is 12.3. The zero-order valence-electron chi connectivity index (χ0n) is 20.7. The maximum absolute atomic E-state index is 13.5. The molecule has 2 aliphatic rings. The largest absolute Gasteiger partial charge is 0.416 e. The van der Waals surface area contributed by atoms with Gasteiger partial charge in [0.1, 0.15) is 12.1 Å². The van der Waals surface area contributed by atoms with Crippen molar-refractivity contribution < 1.29 is 23.1 Å². The summed E-state index contributed by atoms with van der Waals surface area (Å²) in [6.07, 6.45) is -0.200. The number of hydrogen-bond acceptors (Lipinski definition) is 6. The highest BCUT2D eigenvalue weighted by molar-refractivity contribution is 5.98. The van der Waals surface area contributed by atoms with Crippen LogP contribution in [0.1, 0.15) is 42.9 Å². The van der Waals surface area contributed by atoms with E-state index in [1.165, 1.54) is 12.4 Å². The number of anilines is 3. The Bertz CT molecular complexity index is 1320. The van der Waals surface area contributed by atoms with E-state index in [-0.39, 0.29) is 30.0 Å². The molecule has 7 nitrogen and oxygen atoms in total. The third kappa shape index (κ3) is 6.09. The molecule has 0 bridgehead atoms. The van der Waals surface area contributed by atoms with Crippen LogP contribution < -0.4 is 16.0 Å². The molecule has 1 aliphatic heterocycles. The number of amides is 1. The molecular formula is C27H29ClF3N5O2. The van der Waals surface area contributed by atoms with Gasteiger partial charge in [-0.15, -0.1) is 12.4 Å². The highest BCUT2D eigenvalue weighted by atomic mass is 35.5. The summed E-state index contributed by atoms with van der Waals surface area (Å²) in [7, 11) is 0. The Balaban J connectivity index is 0.00000336. The molecule has 1 amide bonds. The molecule has 0 spiro atoms. The number of halogens is 4. The minimum atomic E-state index is -4.56. The SMILES string of the molecule is CC1CCC(C(=O)Nc2cc(C(F)(F)F)ccc2-c2cc(Nc3cccc4c3CC(O)CC4)ncn2)N1.Cl. The molecule has 3 unspecified atom stereocenters. The van der Waals surface area contributed by atoms with Gasteiger partial charge in [-0.05, 0) is 61.9 Å². The van der Waals surface area contributed by atoms with E-state index in [0.29, 0.717) is 36.3 Å². The van der Waals surface area contributed by atoms with Crippen LogP contribution in [-0.4, -0.2) is 39.2 Å². The lowest BCUT2D eigenvalue weighted by Gasteiger charge is -2.23. The topological polar surface area (TPSA) is 99.2 Å². The van der Waals surface area contributed by atoms with Gasteiger partial charge in [0.05, 0.1) is 29.1 Å². The quantitative estimate of drug-likeness (QED) is 0.348. The van der Waals surface area contributed by atoms with E-state index in [2.05, 4.69) is 25.9 Å². The Morgan fingerprint density at radius 3 is 2.63 bits per heavy atom. The molecule has 0 saturated carbocycles. The number of aliphatic hydroxyl groups is 1. The molecular weight excluding hydrogens is 519 g/mol. The molecule has 0 radical (unpaired) electrons. The lowest BCUT2D eigenvalue weighted by Crippen LogP contribution is -2.38. The second-order valence-corrected chi connectivity index (χ2v) is 9.70. The third-order valence-corrected chi connectivity index (χ3v) is 6.96. The van der Waals surface area contributed by atoms with Crippen molar-refractivity contribution in [1.29, 1.82) is 0 Å². The van der Waals surface area contributed by atoms with Crippen LogP contribution in [0, 0.1) is 0 Å². The first kappa shape index (κ1) is 27.8. The number of rotatable bonds is 5. The zero-order chi connectivity index (χ0) is 26.2. The Hall–Kier alpha value is -3.21. The molecule has 1 fully saturated rings. The predicted octanol–water partition coefficient (Wildman–Crippen LogP) is 5.26. The van der Waals surface area contributed by atoms with Crippen LogP contribution in [0.3, 0.4) is 0 Å². The van der Waals surface area contributed by atoms with Gasteiger partial charge in [0.15, 0.2) is 0 Å². The van der Waals surface area contributed by atoms with Crippen LogP contribution in [0.2, 0.25) is 0 Å². The van der Waals surface area contributed by atoms with Crippen LogP contribution in [-0.2, 0) is 23.8 Å². The second kappa shape index (κ2) is 11.3. The molecule has 11 heteroatoms. The van der Waals surface area contributed by atoms with Crippen LogP contribution in [0.4, 0.5) is 30.4 Å². The van der Waals surface area contributed by atoms with Crippen molar-refractivity contribution in [1.82, 2.24) is 15.3 Å². The second-order valence-electron chi connectivity index (χ2n) is 9.70.